The minimum Gasteiger partial charge on any atom is -0.439 e. The van der Waals surface area contributed by atoms with Crippen molar-refractivity contribution >= 4 is 59.8 Å². The molecule has 0 radical (unpaired) electrons. The van der Waals surface area contributed by atoms with Crippen LogP contribution >= 0.6 is 0 Å². The SMILES string of the molecule is C.CC(=O)N1CCN(C(C)(C)C)C1=O.CC(C)(C)N1CC(c2ccccc2)OC1=O.CC(C)(C)N1CCCC1=O.CC(C)(C)N1CCCC1=O.CC(C)(C)N1CCCC1=O.CC(C)(C)N1CCCC1=O.CC(C)(C)N1CCN(C(C)(C)C)C1=O.CC1(C)CN(C(C)(C)C)C(=O)N1.CN1CCN(C(C)(C)C)C1=O. The Morgan fingerprint density at radius 3 is 0.832 bits per heavy atom. The lowest BCUT2D eigenvalue weighted by Gasteiger charge is -2.35. The van der Waals surface area contributed by atoms with Crippen molar-refractivity contribution < 1.29 is 52.7 Å². The van der Waals surface area contributed by atoms with Crippen LogP contribution in [0.4, 0.5) is 24.0 Å². The van der Waals surface area contributed by atoms with Gasteiger partial charge in [-0.05, 0) is 253 Å². The smallest absolute Gasteiger partial charge is 0.411 e. The average molecular weight is 1510 g/mol. The zero-order valence-corrected chi connectivity index (χ0v) is 73.0. The van der Waals surface area contributed by atoms with Crippen LogP contribution in [0.3, 0.4) is 0 Å². The zero-order valence-electron chi connectivity index (χ0n) is 73.0. The number of carbonyl (C=O) groups excluding carboxylic acids is 10. The van der Waals surface area contributed by atoms with Crippen LogP contribution in [0.25, 0.3) is 0 Å². The lowest BCUT2D eigenvalue weighted by Crippen LogP contribution is -2.48. The highest BCUT2D eigenvalue weighted by atomic mass is 16.6. The number of hydrogen-bond acceptors (Lipinski definition) is 11. The van der Waals surface area contributed by atoms with Crippen molar-refractivity contribution in [1.29, 1.82) is 0 Å². The van der Waals surface area contributed by atoms with Crippen LogP contribution in [0.15, 0.2) is 30.3 Å². The number of nitrogens with zero attached hydrogens (tertiary/aromatic N) is 12. The summed E-state index contributed by atoms with van der Waals surface area (Å²) in [6.07, 6.45) is 6.79. The van der Waals surface area contributed by atoms with Gasteiger partial charge in [-0.25, -0.2) is 24.0 Å². The van der Waals surface area contributed by atoms with Crippen molar-refractivity contribution in [2.45, 2.75) is 354 Å². The van der Waals surface area contributed by atoms with Crippen molar-refractivity contribution in [2.24, 2.45) is 0 Å². The molecule has 1 unspecified atom stereocenters. The highest BCUT2D eigenvalue weighted by Crippen LogP contribution is 2.32. The normalized spacial score (nSPS) is 20.1. The highest BCUT2D eigenvalue weighted by Gasteiger charge is 2.44. The Morgan fingerprint density at radius 1 is 0.374 bits per heavy atom. The maximum absolute atomic E-state index is 12.1. The van der Waals surface area contributed by atoms with Crippen molar-refractivity contribution in [3.05, 3.63) is 35.9 Å². The van der Waals surface area contributed by atoms with Crippen molar-refractivity contribution in [3.63, 3.8) is 0 Å². The third kappa shape index (κ3) is 30.8. The van der Waals surface area contributed by atoms with E-state index in [2.05, 4.69) is 151 Å². The predicted octanol–water partition coefficient (Wildman–Crippen LogP) is 15.4. The molecule has 1 N–H and O–H groups in total. The van der Waals surface area contributed by atoms with E-state index >= 15 is 0 Å². The van der Waals surface area contributed by atoms with Gasteiger partial charge in [0, 0.05) is 167 Å². The van der Waals surface area contributed by atoms with E-state index in [0.29, 0.717) is 43.3 Å². The van der Waals surface area contributed by atoms with E-state index in [1.807, 2.05) is 153 Å². The van der Waals surface area contributed by atoms with Gasteiger partial charge >= 0.3 is 30.2 Å². The molecule has 24 heteroatoms. The number of rotatable bonds is 1. The van der Waals surface area contributed by atoms with Crippen LogP contribution in [0.5, 0.6) is 0 Å². The Bertz CT molecular complexity index is 2930. The molecule has 616 valence electrons. The van der Waals surface area contributed by atoms with Crippen LogP contribution in [-0.4, -0.2) is 265 Å². The molecule has 9 heterocycles. The first-order chi connectivity index (χ1) is 47.7. The number of cyclic esters (lactones) is 1. The standard InChI is InChI=1S/C13H17NO2.C11H22N2O.C9H16N2O2.C9H18N2O.C8H16N2O.4C8H15NO.CH4/c1-13(2,3)14-9-11(16-12(14)15)10-7-5-4-6-8-10;1-10(2,3)12-7-8-13(9(12)14)11(4,5)6;1-7(12)10-5-6-11(8(10)13)9(2,3)4;1-8(2,3)11-6-9(4,5)10-7(11)12;1-8(2,3)10-6-5-9(4)7(10)11;4*1-8(2,3)9-6-4-5-7(9)10;/h4-8,11H,9H2,1-3H3;7-8H2,1-6H3;5-6H2,1-4H3;6H2,1-5H3,(H,10,12);5-6H2,1-4H3;4*4-6H2,1-3H3;1H4. The van der Waals surface area contributed by atoms with Gasteiger partial charge in [-0.15, -0.1) is 0 Å². The van der Waals surface area contributed by atoms with Gasteiger partial charge in [-0.3, -0.25) is 33.8 Å². The second-order valence-electron chi connectivity index (χ2n) is 39.6. The van der Waals surface area contributed by atoms with Gasteiger partial charge < -0.3 is 59.1 Å². The third-order valence-corrected chi connectivity index (χ3v) is 19.2. The molecule has 0 saturated carbocycles. The molecule has 10 rings (SSSR count). The maximum Gasteiger partial charge on any atom is 0.411 e. The molecule has 1 aromatic carbocycles. The van der Waals surface area contributed by atoms with Gasteiger partial charge in [0.2, 0.25) is 29.5 Å². The molecule has 9 aliphatic heterocycles. The Balaban J connectivity index is 0.000000604. The summed E-state index contributed by atoms with van der Waals surface area (Å²) in [6, 6.07) is 10.1. The fourth-order valence-electron chi connectivity index (χ4n) is 13.2. The fraction of sp³-hybridized carbons (Fsp3) is 0.807. The predicted molar refractivity (Wildman–Crippen MR) is 433 cm³/mol. The number of benzene rings is 1. The number of carbonyl (C=O) groups is 10. The van der Waals surface area contributed by atoms with Crippen LogP contribution < -0.4 is 5.32 Å². The van der Waals surface area contributed by atoms with Gasteiger partial charge in [0.1, 0.15) is 6.10 Å². The second kappa shape index (κ2) is 38.2. The summed E-state index contributed by atoms with van der Waals surface area (Å²) in [6.45, 7) is 77.0. The van der Waals surface area contributed by atoms with Gasteiger partial charge in [0.15, 0.2) is 0 Å². The summed E-state index contributed by atoms with van der Waals surface area (Å²) in [4.78, 5) is 136. The summed E-state index contributed by atoms with van der Waals surface area (Å²) in [5.41, 5.74) is 0.533. The van der Waals surface area contributed by atoms with E-state index < -0.39 is 0 Å². The first-order valence-electron chi connectivity index (χ1n) is 38.7. The number of ether oxygens (including phenoxy) is 1. The summed E-state index contributed by atoms with van der Waals surface area (Å²) in [7, 11) is 1.84. The molecular formula is C83H153N13O11. The van der Waals surface area contributed by atoms with Gasteiger partial charge in [-0.1, -0.05) is 37.8 Å². The van der Waals surface area contributed by atoms with E-state index in [1.54, 1.807) is 14.7 Å². The number of nitrogens with one attached hydrogen (secondary N) is 1. The topological polar surface area (TPSA) is 231 Å². The zero-order chi connectivity index (χ0) is 82.4. The van der Waals surface area contributed by atoms with Gasteiger partial charge in [-0.2, -0.15) is 0 Å². The molecule has 1 aromatic rings. The minimum absolute atomic E-state index is 0. The molecule has 9 fully saturated rings. The van der Waals surface area contributed by atoms with E-state index in [9.17, 15) is 47.9 Å². The van der Waals surface area contributed by atoms with Crippen LogP contribution in [0.1, 0.15) is 299 Å². The minimum atomic E-state index is -0.221. The Morgan fingerprint density at radius 2 is 0.654 bits per heavy atom. The first kappa shape index (κ1) is 98.1. The molecule has 0 bridgehead atoms. The molecule has 9 aliphatic rings. The molecule has 24 nitrogen and oxygen atoms in total. The number of amides is 14. The number of likely N-dealkylation sites (N-methyl/N-ethyl adjacent to an activating group) is 1. The monoisotopic (exact) mass is 1510 g/mol. The number of imide groups is 1. The quantitative estimate of drug-likeness (QED) is 0.278. The van der Waals surface area contributed by atoms with Gasteiger partial charge in [0.25, 0.3) is 0 Å². The van der Waals surface area contributed by atoms with Gasteiger partial charge in [0.05, 0.1) is 12.1 Å². The van der Waals surface area contributed by atoms with Crippen LogP contribution in [0.2, 0.25) is 0 Å². The second-order valence-corrected chi connectivity index (χ2v) is 39.6. The molecule has 0 aliphatic carbocycles. The van der Waals surface area contributed by atoms with E-state index in [1.165, 1.54) is 11.8 Å². The first-order valence-corrected chi connectivity index (χ1v) is 38.7. The average Bonchev–Trinajstić information content (AvgIpc) is 1.67. The number of likely N-dealkylation sites (tertiary alicyclic amines) is 4. The number of hydrogen-bond donors (Lipinski definition) is 1. The molecule has 107 heavy (non-hydrogen) atoms. The van der Waals surface area contributed by atoms with Crippen molar-refractivity contribution in [2.75, 3.05) is 85.6 Å². The lowest BCUT2D eigenvalue weighted by atomic mass is 10.0. The molecular weight excluding hydrogens is 1350 g/mol. The largest absolute Gasteiger partial charge is 0.439 e. The van der Waals surface area contributed by atoms with E-state index in [-0.39, 0.29) is 111 Å². The molecule has 9 saturated heterocycles. The van der Waals surface area contributed by atoms with E-state index in [4.69, 9.17) is 4.74 Å². The fourth-order valence-corrected chi connectivity index (χ4v) is 13.2. The van der Waals surface area contributed by atoms with Crippen LogP contribution in [0, 0.1) is 0 Å². The summed E-state index contributed by atoms with van der Waals surface area (Å²) >= 11 is 0. The Hall–Kier alpha value is -6.88. The van der Waals surface area contributed by atoms with Crippen molar-refractivity contribution in [3.8, 4) is 0 Å². The maximum atomic E-state index is 12.1. The Labute approximate surface area is 649 Å². The molecule has 0 aromatic heterocycles. The van der Waals surface area contributed by atoms with Crippen molar-refractivity contribution in [1.82, 2.24) is 64.1 Å². The Kier molecular flexibility index (Phi) is 35.0. The summed E-state index contributed by atoms with van der Waals surface area (Å²) in [5, 5.41) is 2.94. The lowest BCUT2D eigenvalue weighted by molar-refractivity contribution is -0.132. The molecule has 14 amide bonds. The highest BCUT2D eigenvalue weighted by molar-refractivity contribution is 5.95. The summed E-state index contributed by atoms with van der Waals surface area (Å²) < 4.78 is 5.37. The molecule has 1 atom stereocenters. The number of urea groups is 4. The molecule has 0 spiro atoms. The summed E-state index contributed by atoms with van der Waals surface area (Å²) in [5.74, 6) is 1.08. The van der Waals surface area contributed by atoms with Crippen LogP contribution in [-0.2, 0) is 28.7 Å². The third-order valence-electron chi connectivity index (χ3n) is 19.2. The van der Waals surface area contributed by atoms with E-state index in [0.717, 1.165) is 116 Å².